The first kappa shape index (κ1) is 19.0. The summed E-state index contributed by atoms with van der Waals surface area (Å²) in [7, 11) is 0. The highest BCUT2D eigenvalue weighted by molar-refractivity contribution is 14.0. The number of amides is 1. The fourth-order valence-electron chi connectivity index (χ4n) is 3.05. The molecule has 2 aliphatic heterocycles. The van der Waals surface area contributed by atoms with Crippen LogP contribution in [0.25, 0.3) is 0 Å². The summed E-state index contributed by atoms with van der Waals surface area (Å²) in [5, 5.41) is 0. The molecule has 0 unspecified atom stereocenters. The van der Waals surface area contributed by atoms with E-state index in [0.29, 0.717) is 32.1 Å². The van der Waals surface area contributed by atoms with E-state index in [1.54, 1.807) is 0 Å². The monoisotopic (exact) mass is 444 g/mol. The molecule has 2 aliphatic rings. The van der Waals surface area contributed by atoms with E-state index in [0.717, 1.165) is 38.2 Å². The Morgan fingerprint density at radius 3 is 2.75 bits per heavy atom. The Kier molecular flexibility index (Phi) is 7.29. The van der Waals surface area contributed by atoms with Crippen LogP contribution in [0.5, 0.6) is 0 Å². The van der Waals surface area contributed by atoms with Crippen molar-refractivity contribution in [2.45, 2.75) is 19.3 Å². The van der Waals surface area contributed by atoms with Gasteiger partial charge in [0.05, 0.1) is 13.2 Å². The molecular formula is C17H25IN4O2. The van der Waals surface area contributed by atoms with Gasteiger partial charge in [-0.3, -0.25) is 9.79 Å². The molecule has 0 spiro atoms. The number of nitrogens with two attached hydrogens (primary N) is 1. The van der Waals surface area contributed by atoms with Gasteiger partial charge in [0.1, 0.15) is 0 Å². The van der Waals surface area contributed by atoms with E-state index < -0.39 is 0 Å². The van der Waals surface area contributed by atoms with Gasteiger partial charge in [0, 0.05) is 38.3 Å². The smallest absolute Gasteiger partial charge is 0.227 e. The maximum Gasteiger partial charge on any atom is 0.227 e. The third kappa shape index (κ3) is 4.60. The molecule has 0 saturated carbocycles. The number of benzene rings is 1. The predicted octanol–water partition coefficient (Wildman–Crippen LogP) is 1.62. The molecule has 2 heterocycles. The molecule has 0 atom stereocenters. The average molecular weight is 444 g/mol. The second-order valence-corrected chi connectivity index (χ2v) is 5.87. The van der Waals surface area contributed by atoms with Crippen molar-refractivity contribution in [3.05, 3.63) is 29.8 Å². The van der Waals surface area contributed by atoms with E-state index in [1.807, 2.05) is 28.0 Å². The van der Waals surface area contributed by atoms with Crippen molar-refractivity contribution in [1.82, 2.24) is 4.90 Å². The molecule has 3 rings (SSSR count). The minimum absolute atomic E-state index is 0. The number of rotatable bonds is 4. The Morgan fingerprint density at radius 2 is 1.96 bits per heavy atom. The lowest BCUT2D eigenvalue weighted by Crippen LogP contribution is -2.44. The number of para-hydroxylation sites is 1. The number of carbonyl (C=O) groups is 1. The first-order chi connectivity index (χ1) is 11.3. The van der Waals surface area contributed by atoms with Crippen molar-refractivity contribution in [3.8, 4) is 0 Å². The molecule has 24 heavy (non-hydrogen) atoms. The van der Waals surface area contributed by atoms with E-state index in [1.165, 1.54) is 5.56 Å². The first-order valence-corrected chi connectivity index (χ1v) is 8.26. The van der Waals surface area contributed by atoms with Gasteiger partial charge in [0.25, 0.3) is 0 Å². The highest BCUT2D eigenvalue weighted by Gasteiger charge is 2.23. The molecule has 0 aromatic heterocycles. The van der Waals surface area contributed by atoms with Crippen LogP contribution in [-0.4, -0.2) is 56.2 Å². The quantitative estimate of drug-likeness (QED) is 0.332. The molecule has 0 radical (unpaired) electrons. The first-order valence-electron chi connectivity index (χ1n) is 8.26. The van der Waals surface area contributed by atoms with E-state index in [-0.39, 0.29) is 29.9 Å². The van der Waals surface area contributed by atoms with Crippen LogP contribution in [-0.2, 0) is 16.0 Å². The van der Waals surface area contributed by atoms with E-state index in [2.05, 4.69) is 11.1 Å². The SMILES string of the molecule is I.NC(=NCCCC(=O)N1CCc2ccccc21)N1CCOCC1. The zero-order valence-corrected chi connectivity index (χ0v) is 16.1. The topological polar surface area (TPSA) is 71.2 Å². The highest BCUT2D eigenvalue weighted by atomic mass is 127. The van der Waals surface area contributed by atoms with Gasteiger partial charge in [-0.1, -0.05) is 18.2 Å². The van der Waals surface area contributed by atoms with Crippen LogP contribution in [0.1, 0.15) is 18.4 Å². The summed E-state index contributed by atoms with van der Waals surface area (Å²) >= 11 is 0. The molecule has 1 aromatic carbocycles. The number of guanidine groups is 1. The van der Waals surface area contributed by atoms with Crippen molar-refractivity contribution in [3.63, 3.8) is 0 Å². The Balaban J connectivity index is 0.00000208. The number of hydrogen-bond donors (Lipinski definition) is 1. The molecule has 1 saturated heterocycles. The van der Waals surface area contributed by atoms with Crippen LogP contribution in [0.2, 0.25) is 0 Å². The Bertz CT molecular complexity index is 588. The van der Waals surface area contributed by atoms with Gasteiger partial charge in [-0.05, 0) is 24.5 Å². The molecule has 132 valence electrons. The number of ether oxygens (including phenoxy) is 1. The third-order valence-electron chi connectivity index (χ3n) is 4.35. The van der Waals surface area contributed by atoms with Gasteiger partial charge in [0.15, 0.2) is 5.96 Å². The van der Waals surface area contributed by atoms with Gasteiger partial charge < -0.3 is 20.3 Å². The zero-order valence-electron chi connectivity index (χ0n) is 13.8. The minimum atomic E-state index is 0. The fourth-order valence-corrected chi connectivity index (χ4v) is 3.05. The van der Waals surface area contributed by atoms with Crippen LogP contribution < -0.4 is 10.6 Å². The molecular weight excluding hydrogens is 419 g/mol. The maximum absolute atomic E-state index is 12.4. The molecule has 7 heteroatoms. The van der Waals surface area contributed by atoms with Gasteiger partial charge in [0.2, 0.25) is 5.91 Å². The lowest BCUT2D eigenvalue weighted by atomic mass is 10.2. The number of fused-ring (bicyclic) bond motifs is 1. The second-order valence-electron chi connectivity index (χ2n) is 5.87. The van der Waals surface area contributed by atoms with Crippen molar-refractivity contribution in [2.75, 3.05) is 44.3 Å². The van der Waals surface area contributed by atoms with Crippen LogP contribution in [0.3, 0.4) is 0 Å². The van der Waals surface area contributed by atoms with Crippen LogP contribution in [0.4, 0.5) is 5.69 Å². The van der Waals surface area contributed by atoms with Crippen LogP contribution in [0, 0.1) is 0 Å². The zero-order chi connectivity index (χ0) is 16.1. The Hall–Kier alpha value is -1.35. The Morgan fingerprint density at radius 1 is 1.21 bits per heavy atom. The number of aliphatic imine (C=N–C) groups is 1. The van der Waals surface area contributed by atoms with Crippen molar-refractivity contribution in [1.29, 1.82) is 0 Å². The normalized spacial score (nSPS) is 17.4. The summed E-state index contributed by atoms with van der Waals surface area (Å²) in [5.41, 5.74) is 8.30. The maximum atomic E-state index is 12.4. The molecule has 1 aromatic rings. The molecule has 2 N–H and O–H groups in total. The van der Waals surface area contributed by atoms with Gasteiger partial charge in [-0.25, -0.2) is 0 Å². The average Bonchev–Trinajstić information content (AvgIpc) is 3.03. The molecule has 6 nitrogen and oxygen atoms in total. The molecule has 0 aliphatic carbocycles. The third-order valence-corrected chi connectivity index (χ3v) is 4.35. The summed E-state index contributed by atoms with van der Waals surface area (Å²) in [6, 6.07) is 8.12. The lowest BCUT2D eigenvalue weighted by molar-refractivity contribution is -0.118. The number of carbonyl (C=O) groups excluding carboxylic acids is 1. The summed E-state index contributed by atoms with van der Waals surface area (Å²) in [6.45, 7) is 4.35. The van der Waals surface area contributed by atoms with Gasteiger partial charge in [-0.2, -0.15) is 0 Å². The van der Waals surface area contributed by atoms with Crippen molar-refractivity contribution >= 4 is 41.5 Å². The lowest BCUT2D eigenvalue weighted by Gasteiger charge is -2.27. The highest BCUT2D eigenvalue weighted by Crippen LogP contribution is 2.27. The van der Waals surface area contributed by atoms with Gasteiger partial charge >= 0.3 is 0 Å². The van der Waals surface area contributed by atoms with E-state index in [9.17, 15) is 4.79 Å². The standard InChI is InChI=1S/C17H24N4O2.HI/c18-17(20-10-12-23-13-11-20)19-8-3-6-16(22)21-9-7-14-4-1-2-5-15(14)21;/h1-2,4-5H,3,6-13H2,(H2,18,19);1H. The summed E-state index contributed by atoms with van der Waals surface area (Å²) in [4.78, 5) is 20.7. The summed E-state index contributed by atoms with van der Waals surface area (Å²) in [5.74, 6) is 0.738. The fraction of sp³-hybridized carbons (Fsp3) is 0.529. The number of hydrogen-bond acceptors (Lipinski definition) is 3. The number of morpholine rings is 1. The Labute approximate surface area is 160 Å². The van der Waals surface area contributed by atoms with Crippen molar-refractivity contribution < 1.29 is 9.53 Å². The minimum Gasteiger partial charge on any atom is -0.378 e. The second kappa shape index (κ2) is 9.22. The molecule has 1 amide bonds. The van der Waals surface area contributed by atoms with Gasteiger partial charge in [-0.15, -0.1) is 24.0 Å². The largest absolute Gasteiger partial charge is 0.378 e. The van der Waals surface area contributed by atoms with E-state index >= 15 is 0 Å². The van der Waals surface area contributed by atoms with Crippen LogP contribution >= 0.6 is 24.0 Å². The van der Waals surface area contributed by atoms with Crippen LogP contribution in [0.15, 0.2) is 29.3 Å². The molecule has 0 bridgehead atoms. The van der Waals surface area contributed by atoms with Crippen molar-refractivity contribution in [2.24, 2.45) is 10.7 Å². The predicted molar refractivity (Wildman–Crippen MR) is 106 cm³/mol. The number of nitrogens with zero attached hydrogens (tertiary/aromatic N) is 3. The van der Waals surface area contributed by atoms with E-state index in [4.69, 9.17) is 10.5 Å². The molecule has 1 fully saturated rings. The number of anilines is 1. The number of halogens is 1. The summed E-state index contributed by atoms with van der Waals surface area (Å²) < 4.78 is 5.29. The summed E-state index contributed by atoms with van der Waals surface area (Å²) in [6.07, 6.45) is 2.18.